The first-order valence-electron chi connectivity index (χ1n) is 5.81. The number of nitrogen functional groups attached to an aromatic ring is 1. The SMILES string of the molecule is NC(=O)C1CCCCN1c1c(Cl)cc(N)cc1Cl. The summed E-state index contributed by atoms with van der Waals surface area (Å²) in [4.78, 5) is 13.4. The van der Waals surface area contributed by atoms with Crippen LogP contribution in [0.15, 0.2) is 12.1 Å². The number of hydrogen-bond acceptors (Lipinski definition) is 3. The monoisotopic (exact) mass is 287 g/mol. The minimum atomic E-state index is -0.350. The van der Waals surface area contributed by atoms with E-state index in [9.17, 15) is 4.79 Å². The van der Waals surface area contributed by atoms with Gasteiger partial charge in [-0.15, -0.1) is 0 Å². The topological polar surface area (TPSA) is 72.4 Å². The van der Waals surface area contributed by atoms with Crippen LogP contribution in [0.2, 0.25) is 10.0 Å². The predicted octanol–water partition coefficient (Wildman–Crippen LogP) is 2.42. The summed E-state index contributed by atoms with van der Waals surface area (Å²) in [5.74, 6) is -0.348. The van der Waals surface area contributed by atoms with Crippen LogP contribution in [0.25, 0.3) is 0 Å². The van der Waals surface area contributed by atoms with Crippen LogP contribution in [0, 0.1) is 0 Å². The van der Waals surface area contributed by atoms with Crippen LogP contribution in [0.4, 0.5) is 11.4 Å². The normalized spacial score (nSPS) is 19.9. The van der Waals surface area contributed by atoms with E-state index in [0.29, 0.717) is 21.4 Å². The Bertz CT molecular complexity index is 455. The average molecular weight is 288 g/mol. The average Bonchev–Trinajstić information content (AvgIpc) is 2.28. The quantitative estimate of drug-likeness (QED) is 0.821. The molecule has 98 valence electrons. The molecule has 4 N–H and O–H groups in total. The maximum absolute atomic E-state index is 11.5. The Hall–Kier alpha value is -1.13. The number of amides is 1. The number of anilines is 2. The van der Waals surface area contributed by atoms with Gasteiger partial charge in [-0.25, -0.2) is 0 Å². The van der Waals surface area contributed by atoms with E-state index in [1.54, 1.807) is 12.1 Å². The second-order valence-corrected chi connectivity index (χ2v) is 5.25. The summed E-state index contributed by atoms with van der Waals surface area (Å²) in [5.41, 5.74) is 12.3. The molecule has 18 heavy (non-hydrogen) atoms. The van der Waals surface area contributed by atoms with Crippen LogP contribution >= 0.6 is 23.2 Å². The molecule has 0 aromatic heterocycles. The number of hydrogen-bond donors (Lipinski definition) is 2. The molecular formula is C12H15Cl2N3O. The molecule has 4 nitrogen and oxygen atoms in total. The standard InChI is InChI=1S/C12H15Cl2N3O/c13-8-5-7(15)6-9(14)11(8)17-4-2-1-3-10(17)12(16)18/h5-6,10H,1-4,15H2,(H2,16,18). The van der Waals surface area contributed by atoms with Gasteiger partial charge in [0.15, 0.2) is 0 Å². The van der Waals surface area contributed by atoms with Crippen LogP contribution in [-0.4, -0.2) is 18.5 Å². The fraction of sp³-hybridized carbons (Fsp3) is 0.417. The molecule has 1 aromatic carbocycles. The van der Waals surface area contributed by atoms with Gasteiger partial charge in [-0.2, -0.15) is 0 Å². The lowest BCUT2D eigenvalue weighted by Crippen LogP contribution is -2.48. The van der Waals surface area contributed by atoms with E-state index >= 15 is 0 Å². The smallest absolute Gasteiger partial charge is 0.240 e. The number of carbonyl (C=O) groups is 1. The van der Waals surface area contributed by atoms with E-state index in [2.05, 4.69) is 0 Å². The summed E-state index contributed by atoms with van der Waals surface area (Å²) >= 11 is 12.4. The molecule has 1 fully saturated rings. The predicted molar refractivity (Wildman–Crippen MR) is 75.1 cm³/mol. The van der Waals surface area contributed by atoms with Gasteiger partial charge in [-0.1, -0.05) is 23.2 Å². The lowest BCUT2D eigenvalue weighted by molar-refractivity contribution is -0.119. The minimum absolute atomic E-state index is 0.348. The van der Waals surface area contributed by atoms with Gasteiger partial charge in [0.2, 0.25) is 5.91 Å². The first kappa shape index (κ1) is 13.3. The lowest BCUT2D eigenvalue weighted by Gasteiger charge is -2.36. The highest BCUT2D eigenvalue weighted by molar-refractivity contribution is 6.39. The Morgan fingerprint density at radius 1 is 1.28 bits per heavy atom. The fourth-order valence-electron chi connectivity index (χ4n) is 2.35. The van der Waals surface area contributed by atoms with Gasteiger partial charge in [-0.3, -0.25) is 4.79 Å². The van der Waals surface area contributed by atoms with Gasteiger partial charge in [0.05, 0.1) is 15.7 Å². The van der Waals surface area contributed by atoms with Crippen molar-refractivity contribution in [2.75, 3.05) is 17.2 Å². The van der Waals surface area contributed by atoms with Crippen LogP contribution in [0.3, 0.4) is 0 Å². The van der Waals surface area contributed by atoms with Crippen LogP contribution in [0.5, 0.6) is 0 Å². The molecule has 1 heterocycles. The number of nitrogens with zero attached hydrogens (tertiary/aromatic N) is 1. The van der Waals surface area contributed by atoms with Gasteiger partial charge in [0, 0.05) is 12.2 Å². The number of carbonyl (C=O) groups excluding carboxylic acids is 1. The van der Waals surface area contributed by atoms with E-state index in [-0.39, 0.29) is 11.9 Å². The highest BCUT2D eigenvalue weighted by Gasteiger charge is 2.29. The van der Waals surface area contributed by atoms with Crippen molar-refractivity contribution in [1.29, 1.82) is 0 Å². The molecule has 0 bridgehead atoms. The van der Waals surface area contributed by atoms with Crippen molar-refractivity contribution in [3.8, 4) is 0 Å². The molecule has 1 aliphatic rings. The van der Waals surface area contributed by atoms with Crippen LogP contribution < -0.4 is 16.4 Å². The van der Waals surface area contributed by atoms with Crippen LogP contribution in [0.1, 0.15) is 19.3 Å². The molecule has 0 spiro atoms. The highest BCUT2D eigenvalue weighted by atomic mass is 35.5. The van der Waals surface area contributed by atoms with E-state index in [0.717, 1.165) is 25.8 Å². The Morgan fingerprint density at radius 3 is 2.44 bits per heavy atom. The summed E-state index contributed by atoms with van der Waals surface area (Å²) in [7, 11) is 0. The van der Waals surface area contributed by atoms with Crippen molar-refractivity contribution in [3.05, 3.63) is 22.2 Å². The van der Waals surface area contributed by atoms with Crippen molar-refractivity contribution < 1.29 is 4.79 Å². The van der Waals surface area contributed by atoms with E-state index in [1.807, 2.05) is 4.90 Å². The van der Waals surface area contributed by atoms with E-state index in [1.165, 1.54) is 0 Å². The van der Waals surface area contributed by atoms with Crippen LogP contribution in [-0.2, 0) is 4.79 Å². The highest BCUT2D eigenvalue weighted by Crippen LogP contribution is 2.38. The third-order valence-corrected chi connectivity index (χ3v) is 3.73. The first-order chi connectivity index (χ1) is 8.50. The lowest BCUT2D eigenvalue weighted by atomic mass is 10.0. The van der Waals surface area contributed by atoms with E-state index in [4.69, 9.17) is 34.7 Å². The molecule has 1 aliphatic heterocycles. The molecule has 1 aromatic rings. The third-order valence-electron chi connectivity index (χ3n) is 3.16. The largest absolute Gasteiger partial charge is 0.399 e. The minimum Gasteiger partial charge on any atom is -0.399 e. The molecule has 2 rings (SSSR count). The molecule has 6 heteroatoms. The number of primary amides is 1. The Kier molecular flexibility index (Phi) is 3.88. The summed E-state index contributed by atoms with van der Waals surface area (Å²) < 4.78 is 0. The van der Waals surface area contributed by atoms with Crippen molar-refractivity contribution in [3.63, 3.8) is 0 Å². The van der Waals surface area contributed by atoms with Gasteiger partial charge in [-0.05, 0) is 31.4 Å². The van der Waals surface area contributed by atoms with Crippen molar-refractivity contribution in [2.24, 2.45) is 5.73 Å². The number of benzene rings is 1. The van der Waals surface area contributed by atoms with Crippen molar-refractivity contribution >= 4 is 40.5 Å². The fourth-order valence-corrected chi connectivity index (χ4v) is 3.08. The van der Waals surface area contributed by atoms with Crippen molar-refractivity contribution in [1.82, 2.24) is 0 Å². The summed E-state index contributed by atoms with van der Waals surface area (Å²) in [6.45, 7) is 0.719. The van der Waals surface area contributed by atoms with Gasteiger partial charge in [0.1, 0.15) is 6.04 Å². The zero-order valence-electron chi connectivity index (χ0n) is 9.83. The summed E-state index contributed by atoms with van der Waals surface area (Å²) in [6.07, 6.45) is 2.70. The molecule has 0 radical (unpaired) electrons. The number of halogens is 2. The van der Waals surface area contributed by atoms with E-state index < -0.39 is 0 Å². The van der Waals surface area contributed by atoms with Crippen molar-refractivity contribution in [2.45, 2.75) is 25.3 Å². The second kappa shape index (κ2) is 5.24. The van der Waals surface area contributed by atoms with Gasteiger partial charge >= 0.3 is 0 Å². The maximum Gasteiger partial charge on any atom is 0.240 e. The second-order valence-electron chi connectivity index (χ2n) is 4.44. The molecule has 1 unspecified atom stereocenters. The zero-order valence-corrected chi connectivity index (χ0v) is 11.3. The van der Waals surface area contributed by atoms with Gasteiger partial charge in [0.25, 0.3) is 0 Å². The number of piperidine rings is 1. The maximum atomic E-state index is 11.5. The molecule has 1 atom stereocenters. The molecular weight excluding hydrogens is 273 g/mol. The summed E-state index contributed by atoms with van der Waals surface area (Å²) in [6, 6.07) is 2.92. The number of nitrogens with two attached hydrogens (primary N) is 2. The Balaban J connectivity index is 2.43. The molecule has 0 aliphatic carbocycles. The molecule has 1 amide bonds. The Labute approximate surface area is 116 Å². The number of rotatable bonds is 2. The molecule has 1 saturated heterocycles. The Morgan fingerprint density at radius 2 is 1.89 bits per heavy atom. The zero-order chi connectivity index (χ0) is 13.3. The third kappa shape index (κ3) is 2.49. The molecule has 0 saturated carbocycles. The summed E-state index contributed by atoms with van der Waals surface area (Å²) in [5, 5.41) is 0.904. The van der Waals surface area contributed by atoms with Gasteiger partial charge < -0.3 is 16.4 Å². The first-order valence-corrected chi connectivity index (χ1v) is 6.57.